The summed E-state index contributed by atoms with van der Waals surface area (Å²) in [5, 5.41) is 48.4. The van der Waals surface area contributed by atoms with Gasteiger partial charge in [-0.2, -0.15) is 0 Å². The maximum absolute atomic E-state index is 13.1. The van der Waals surface area contributed by atoms with Gasteiger partial charge < -0.3 is 69.4 Å². The summed E-state index contributed by atoms with van der Waals surface area (Å²) in [6.45, 7) is 0.564. The molecular formula is C31H58N12O10. The SMILES string of the molecule is NCCCC(N)CC(=O)NCCCC(N)CC(=O)NCCCC(N)CC(=O)NC1C(NC2NC3C(=O)N=CC(O)C3N2)OC(CO)C(OC(N)=O)C1O. The van der Waals surface area contributed by atoms with E-state index < -0.39 is 91.7 Å². The maximum Gasteiger partial charge on any atom is 0.404 e. The molecule has 12 unspecified atom stereocenters. The third-order valence-electron chi connectivity index (χ3n) is 9.13. The Labute approximate surface area is 307 Å². The highest BCUT2D eigenvalue weighted by Crippen LogP contribution is 2.24. The predicted molar refractivity (Wildman–Crippen MR) is 189 cm³/mol. The highest BCUT2D eigenvalue weighted by Gasteiger charge is 2.50. The molecule has 5 amide bonds. The molecule has 53 heavy (non-hydrogen) atoms. The van der Waals surface area contributed by atoms with Crippen molar-refractivity contribution >= 4 is 35.9 Å². The van der Waals surface area contributed by atoms with Crippen LogP contribution in [0.15, 0.2) is 4.99 Å². The van der Waals surface area contributed by atoms with Crippen LogP contribution in [0.5, 0.6) is 0 Å². The van der Waals surface area contributed by atoms with Crippen LogP contribution in [0.3, 0.4) is 0 Å². The van der Waals surface area contributed by atoms with Crippen molar-refractivity contribution in [1.82, 2.24) is 31.9 Å². The molecule has 22 heteroatoms. The van der Waals surface area contributed by atoms with Crippen LogP contribution >= 0.6 is 0 Å². The molecule has 3 aliphatic heterocycles. The van der Waals surface area contributed by atoms with Gasteiger partial charge in [0, 0.05) is 56.7 Å². The van der Waals surface area contributed by atoms with Gasteiger partial charge >= 0.3 is 6.09 Å². The Balaban J connectivity index is 1.41. The number of aliphatic hydroxyl groups is 3. The number of hydrogen-bond acceptors (Lipinski definition) is 17. The van der Waals surface area contributed by atoms with E-state index in [0.29, 0.717) is 51.7 Å². The fourth-order valence-electron chi connectivity index (χ4n) is 6.38. The first-order valence-corrected chi connectivity index (χ1v) is 18.0. The summed E-state index contributed by atoms with van der Waals surface area (Å²) < 4.78 is 10.9. The van der Waals surface area contributed by atoms with Crippen molar-refractivity contribution < 1.29 is 48.8 Å². The van der Waals surface area contributed by atoms with Gasteiger partial charge in [-0.25, -0.2) is 9.79 Å². The van der Waals surface area contributed by atoms with Crippen molar-refractivity contribution in [3.8, 4) is 0 Å². The van der Waals surface area contributed by atoms with Crippen LogP contribution in [0, 0.1) is 0 Å². The van der Waals surface area contributed by atoms with Crippen molar-refractivity contribution in [2.75, 3.05) is 26.2 Å². The molecule has 0 bridgehead atoms. The van der Waals surface area contributed by atoms with Crippen molar-refractivity contribution in [2.24, 2.45) is 33.7 Å². The molecule has 3 aliphatic rings. The Morgan fingerprint density at radius 3 is 2.00 bits per heavy atom. The van der Waals surface area contributed by atoms with E-state index in [-0.39, 0.29) is 37.1 Å². The minimum absolute atomic E-state index is 0.100. The van der Waals surface area contributed by atoms with Gasteiger partial charge in [0.05, 0.1) is 18.7 Å². The van der Waals surface area contributed by atoms with Crippen molar-refractivity contribution in [1.29, 1.82) is 0 Å². The smallest absolute Gasteiger partial charge is 0.404 e. The van der Waals surface area contributed by atoms with E-state index >= 15 is 0 Å². The quantitative estimate of drug-likeness (QED) is 0.0456. The molecule has 0 aromatic heterocycles. The van der Waals surface area contributed by atoms with E-state index in [0.717, 1.165) is 12.6 Å². The molecule has 12 atom stereocenters. The highest BCUT2D eigenvalue weighted by molar-refractivity contribution is 5.94. The molecule has 0 aromatic carbocycles. The van der Waals surface area contributed by atoms with Crippen molar-refractivity contribution in [3.63, 3.8) is 0 Å². The largest absolute Gasteiger partial charge is 0.441 e. The molecule has 302 valence electrons. The van der Waals surface area contributed by atoms with E-state index in [2.05, 4.69) is 36.9 Å². The number of ether oxygens (including phenoxy) is 2. The van der Waals surface area contributed by atoms with Gasteiger partial charge in [0.2, 0.25) is 17.7 Å². The van der Waals surface area contributed by atoms with Crippen LogP contribution in [0.4, 0.5) is 4.79 Å². The standard InChI is InChI=1S/C31H58N12O10/c32-7-1-4-15(33)10-20(46)37-8-2-5-16(34)11-21(47)38-9-3-6-17(35)12-22(48)40-25-26(49)27(53-30(36)51)19(14-44)52-29(25)43-31-41-23-18(45)13-39-28(50)24(23)42-31/h13,15-19,23-27,29,31,41-45,49H,1-12,14,32-35H2,(H2,36,51)(H,37,46)(H,38,47)(H,40,48). The summed E-state index contributed by atoms with van der Waals surface area (Å²) >= 11 is 0. The molecule has 0 saturated carbocycles. The number of nitrogens with zero attached hydrogens (tertiary/aromatic N) is 1. The number of carbonyl (C=O) groups is 5. The van der Waals surface area contributed by atoms with E-state index in [4.69, 9.17) is 38.1 Å². The molecule has 3 rings (SSSR count). The van der Waals surface area contributed by atoms with Gasteiger partial charge in [0.25, 0.3) is 5.91 Å². The molecule has 0 aromatic rings. The first-order chi connectivity index (χ1) is 25.2. The second-order valence-corrected chi connectivity index (χ2v) is 13.6. The molecule has 0 aliphatic carbocycles. The molecule has 2 saturated heterocycles. The Bertz CT molecular complexity index is 1250. The number of carbonyl (C=O) groups excluding carboxylic acids is 5. The highest BCUT2D eigenvalue weighted by atomic mass is 16.6. The lowest BCUT2D eigenvalue weighted by atomic mass is 9.95. The average Bonchev–Trinajstić information content (AvgIpc) is 3.53. The normalized spacial score (nSPS) is 29.8. The fraction of sp³-hybridized carbons (Fsp3) is 0.806. The molecular weight excluding hydrogens is 700 g/mol. The summed E-state index contributed by atoms with van der Waals surface area (Å²) in [5.41, 5.74) is 28.8. The Morgan fingerprint density at radius 1 is 0.906 bits per heavy atom. The second kappa shape index (κ2) is 22.1. The summed E-state index contributed by atoms with van der Waals surface area (Å²) in [6, 6.07) is -4.13. The lowest BCUT2D eigenvalue weighted by molar-refractivity contribution is -0.204. The van der Waals surface area contributed by atoms with Crippen LogP contribution in [-0.4, -0.2) is 151 Å². The number of fused-ring (bicyclic) bond motifs is 1. The number of rotatable bonds is 22. The predicted octanol–water partition coefficient (Wildman–Crippen LogP) is -6.53. The third-order valence-corrected chi connectivity index (χ3v) is 9.13. The van der Waals surface area contributed by atoms with Crippen LogP contribution in [0.1, 0.15) is 57.8 Å². The summed E-state index contributed by atoms with van der Waals surface area (Å²) in [7, 11) is 0. The minimum atomic E-state index is -1.61. The van der Waals surface area contributed by atoms with Crippen LogP contribution < -0.4 is 60.6 Å². The van der Waals surface area contributed by atoms with Gasteiger partial charge in [-0.05, 0) is 45.1 Å². The molecule has 0 spiro atoms. The number of nitrogens with two attached hydrogens (primary N) is 5. The van der Waals surface area contributed by atoms with Crippen molar-refractivity contribution in [2.45, 2.75) is 131 Å². The molecule has 3 heterocycles. The maximum atomic E-state index is 13.1. The zero-order chi connectivity index (χ0) is 39.1. The Kier molecular flexibility index (Phi) is 18.3. The topological polar surface area (TPSA) is 379 Å². The van der Waals surface area contributed by atoms with Crippen LogP contribution in [0.2, 0.25) is 0 Å². The monoisotopic (exact) mass is 758 g/mol. The van der Waals surface area contributed by atoms with Gasteiger partial charge in [0.15, 0.2) is 6.10 Å². The number of nitrogens with one attached hydrogen (secondary N) is 6. The van der Waals surface area contributed by atoms with E-state index in [1.54, 1.807) is 0 Å². The van der Waals surface area contributed by atoms with Gasteiger partial charge in [-0.3, -0.25) is 35.1 Å². The fourth-order valence-corrected chi connectivity index (χ4v) is 6.38. The molecule has 0 radical (unpaired) electrons. The Hall–Kier alpha value is -3.42. The number of aliphatic hydroxyl groups excluding tert-OH is 3. The zero-order valence-corrected chi connectivity index (χ0v) is 29.7. The van der Waals surface area contributed by atoms with Crippen LogP contribution in [0.25, 0.3) is 0 Å². The van der Waals surface area contributed by atoms with Gasteiger partial charge in [0.1, 0.15) is 36.9 Å². The Morgan fingerprint density at radius 2 is 1.47 bits per heavy atom. The first-order valence-electron chi connectivity index (χ1n) is 18.0. The summed E-state index contributed by atoms with van der Waals surface area (Å²) in [4.78, 5) is 64.9. The van der Waals surface area contributed by atoms with E-state index in [1.165, 1.54) is 0 Å². The third kappa shape index (κ3) is 14.4. The summed E-state index contributed by atoms with van der Waals surface area (Å²) in [6.07, 6.45) is -4.06. The number of aliphatic imine (C=N–C) groups is 1. The molecule has 2 fully saturated rings. The number of hydrogen-bond donors (Lipinski definition) is 14. The van der Waals surface area contributed by atoms with Crippen molar-refractivity contribution in [3.05, 3.63) is 0 Å². The van der Waals surface area contributed by atoms with Gasteiger partial charge in [-0.15, -0.1) is 0 Å². The van der Waals surface area contributed by atoms with E-state index in [9.17, 15) is 39.3 Å². The average molecular weight is 759 g/mol. The first kappa shape index (κ1) is 44.0. The van der Waals surface area contributed by atoms with E-state index in [1.807, 2.05) is 0 Å². The van der Waals surface area contributed by atoms with Crippen LogP contribution in [-0.2, 0) is 28.7 Å². The lowest BCUT2D eigenvalue weighted by Gasteiger charge is -2.44. The lowest BCUT2D eigenvalue weighted by Crippen LogP contribution is -2.71. The zero-order valence-electron chi connectivity index (χ0n) is 29.7. The molecule has 19 N–H and O–H groups in total. The summed E-state index contributed by atoms with van der Waals surface area (Å²) in [5.74, 6) is -1.48. The minimum Gasteiger partial charge on any atom is -0.441 e. The number of primary amides is 1. The second-order valence-electron chi connectivity index (χ2n) is 13.6. The molecule has 22 nitrogen and oxygen atoms in total. The number of amides is 5. The van der Waals surface area contributed by atoms with Gasteiger partial charge in [-0.1, -0.05) is 0 Å².